The summed E-state index contributed by atoms with van der Waals surface area (Å²) in [5.41, 5.74) is 0.828. The second-order valence-electron chi connectivity index (χ2n) is 4.30. The van der Waals surface area contributed by atoms with Crippen molar-refractivity contribution in [2.24, 2.45) is 0 Å². The molecule has 5 heteroatoms. The Labute approximate surface area is 115 Å². The largest absolute Gasteiger partial charge is 0.459 e. The van der Waals surface area contributed by atoms with E-state index in [2.05, 4.69) is 22.2 Å². The summed E-state index contributed by atoms with van der Waals surface area (Å²) < 4.78 is 5.88. The number of rotatable bonds is 4. The Kier molecular flexibility index (Phi) is 3.27. The number of hydrogen-bond acceptors (Lipinski definition) is 3. The molecule has 0 aliphatic heterocycles. The van der Waals surface area contributed by atoms with Crippen LogP contribution in [0.1, 0.15) is 24.6 Å². The molecule has 0 saturated carbocycles. The van der Waals surface area contributed by atoms with Gasteiger partial charge in [0.25, 0.3) is 0 Å². The molecule has 0 aliphatic carbocycles. The Morgan fingerprint density at radius 1 is 1.42 bits per heavy atom. The summed E-state index contributed by atoms with van der Waals surface area (Å²) in [6.45, 7) is 2.87. The topological polar surface area (TPSA) is 53.9 Å². The van der Waals surface area contributed by atoms with Crippen molar-refractivity contribution >= 4 is 22.6 Å². The summed E-state index contributed by atoms with van der Waals surface area (Å²) >= 11 is 5.99. The van der Waals surface area contributed by atoms with E-state index in [-0.39, 0.29) is 6.04 Å². The maximum Gasteiger partial charge on any atom is 0.134 e. The highest BCUT2D eigenvalue weighted by atomic mass is 35.5. The third-order valence-corrected chi connectivity index (χ3v) is 3.22. The van der Waals surface area contributed by atoms with Crippen molar-refractivity contribution in [3.05, 3.63) is 53.3 Å². The fraction of sp³-hybridized carbons (Fsp3) is 0.214. The zero-order chi connectivity index (χ0) is 13.2. The summed E-state index contributed by atoms with van der Waals surface area (Å²) in [5.74, 6) is 1.67. The molecule has 3 aromatic rings. The molecule has 19 heavy (non-hydrogen) atoms. The van der Waals surface area contributed by atoms with Gasteiger partial charge in [0.15, 0.2) is 0 Å². The summed E-state index contributed by atoms with van der Waals surface area (Å²) in [4.78, 5) is 7.41. The van der Waals surface area contributed by atoms with Crippen LogP contribution in [0.25, 0.3) is 11.0 Å². The van der Waals surface area contributed by atoms with E-state index in [4.69, 9.17) is 16.0 Å². The van der Waals surface area contributed by atoms with Gasteiger partial charge in [-0.05, 0) is 30.8 Å². The quantitative estimate of drug-likeness (QED) is 0.766. The maximum absolute atomic E-state index is 5.99. The number of imidazole rings is 1. The highest BCUT2D eigenvalue weighted by Crippen LogP contribution is 2.28. The number of nitrogens with one attached hydrogen (secondary N) is 2. The van der Waals surface area contributed by atoms with Crippen molar-refractivity contribution < 1.29 is 4.42 Å². The van der Waals surface area contributed by atoms with E-state index in [1.165, 1.54) is 0 Å². The number of fused-ring (bicyclic) bond motifs is 1. The first-order chi connectivity index (χ1) is 9.28. The summed E-state index contributed by atoms with van der Waals surface area (Å²) in [6, 6.07) is 7.52. The third-order valence-electron chi connectivity index (χ3n) is 2.98. The molecule has 2 aromatic heterocycles. The molecular formula is C14H14ClN3O. The van der Waals surface area contributed by atoms with E-state index in [0.717, 1.165) is 29.1 Å². The Bertz CT molecular complexity index is 675. The first kappa shape index (κ1) is 12.3. The Hall–Kier alpha value is -1.78. The lowest BCUT2D eigenvalue weighted by molar-refractivity contribution is 0.466. The van der Waals surface area contributed by atoms with Gasteiger partial charge in [-0.3, -0.25) is 0 Å². The Morgan fingerprint density at radius 3 is 3.05 bits per heavy atom. The second-order valence-corrected chi connectivity index (χ2v) is 4.73. The molecule has 0 radical (unpaired) electrons. The Morgan fingerprint density at radius 2 is 2.32 bits per heavy atom. The predicted molar refractivity (Wildman–Crippen MR) is 75.3 cm³/mol. The molecule has 1 aromatic carbocycles. The average molecular weight is 276 g/mol. The first-order valence-corrected chi connectivity index (χ1v) is 6.57. The lowest BCUT2D eigenvalue weighted by Gasteiger charge is -2.12. The van der Waals surface area contributed by atoms with Crippen LogP contribution in [0.5, 0.6) is 0 Å². The molecule has 0 fully saturated rings. The number of benzene rings is 1. The molecule has 3 rings (SSSR count). The maximum atomic E-state index is 5.99. The molecule has 0 amide bonds. The van der Waals surface area contributed by atoms with Crippen LogP contribution in [0.15, 0.2) is 41.1 Å². The van der Waals surface area contributed by atoms with Gasteiger partial charge < -0.3 is 14.7 Å². The standard InChI is InChI=1S/C14H14ClN3O/c1-2-16-13(14-17-5-6-18-14)12-8-9-7-10(15)3-4-11(9)19-12/h3-8,13,16H,2H2,1H3,(H,17,18). The molecule has 2 heterocycles. The van der Waals surface area contributed by atoms with Gasteiger partial charge in [0.1, 0.15) is 23.2 Å². The van der Waals surface area contributed by atoms with Crippen molar-refractivity contribution in [3.8, 4) is 0 Å². The van der Waals surface area contributed by atoms with Crippen LogP contribution in [0, 0.1) is 0 Å². The van der Waals surface area contributed by atoms with Crippen LogP contribution in [-0.2, 0) is 0 Å². The molecule has 4 nitrogen and oxygen atoms in total. The number of nitrogens with zero attached hydrogens (tertiary/aromatic N) is 1. The van der Waals surface area contributed by atoms with Crippen molar-refractivity contribution in [2.75, 3.05) is 6.54 Å². The highest BCUT2D eigenvalue weighted by Gasteiger charge is 2.19. The zero-order valence-corrected chi connectivity index (χ0v) is 11.2. The van der Waals surface area contributed by atoms with Crippen LogP contribution >= 0.6 is 11.6 Å². The van der Waals surface area contributed by atoms with Gasteiger partial charge >= 0.3 is 0 Å². The van der Waals surface area contributed by atoms with E-state index >= 15 is 0 Å². The van der Waals surface area contributed by atoms with Crippen molar-refractivity contribution in [1.82, 2.24) is 15.3 Å². The van der Waals surface area contributed by atoms with Gasteiger partial charge in [0, 0.05) is 22.8 Å². The van der Waals surface area contributed by atoms with Gasteiger partial charge in [0.05, 0.1) is 0 Å². The Balaban J connectivity index is 2.05. The van der Waals surface area contributed by atoms with Gasteiger partial charge in [0.2, 0.25) is 0 Å². The molecule has 2 N–H and O–H groups in total. The van der Waals surface area contributed by atoms with E-state index in [9.17, 15) is 0 Å². The number of aromatic amines is 1. The third kappa shape index (κ3) is 2.37. The molecule has 0 saturated heterocycles. The molecule has 0 aliphatic rings. The monoisotopic (exact) mass is 275 g/mol. The van der Waals surface area contributed by atoms with E-state index in [1.807, 2.05) is 24.3 Å². The number of aromatic nitrogens is 2. The summed E-state index contributed by atoms with van der Waals surface area (Å²) in [6.07, 6.45) is 3.54. The van der Waals surface area contributed by atoms with Gasteiger partial charge in [-0.2, -0.15) is 0 Å². The van der Waals surface area contributed by atoms with Crippen molar-refractivity contribution in [2.45, 2.75) is 13.0 Å². The normalized spacial score (nSPS) is 12.9. The van der Waals surface area contributed by atoms with E-state index < -0.39 is 0 Å². The van der Waals surface area contributed by atoms with Gasteiger partial charge in [-0.25, -0.2) is 4.98 Å². The lowest BCUT2D eigenvalue weighted by Crippen LogP contribution is -2.22. The molecule has 1 atom stereocenters. The number of hydrogen-bond donors (Lipinski definition) is 2. The molecule has 0 spiro atoms. The average Bonchev–Trinajstić information content (AvgIpc) is 3.04. The van der Waals surface area contributed by atoms with Crippen molar-refractivity contribution in [1.29, 1.82) is 0 Å². The SMILES string of the molecule is CCNC(c1ncc[nH]1)c1cc2cc(Cl)ccc2o1. The minimum absolute atomic E-state index is 0.0776. The second kappa shape index (κ2) is 5.07. The van der Waals surface area contributed by atoms with Gasteiger partial charge in [-0.1, -0.05) is 18.5 Å². The highest BCUT2D eigenvalue weighted by molar-refractivity contribution is 6.31. The zero-order valence-electron chi connectivity index (χ0n) is 10.5. The van der Waals surface area contributed by atoms with E-state index in [0.29, 0.717) is 5.02 Å². The van der Waals surface area contributed by atoms with Crippen LogP contribution in [-0.4, -0.2) is 16.5 Å². The molecule has 1 unspecified atom stereocenters. The smallest absolute Gasteiger partial charge is 0.134 e. The lowest BCUT2D eigenvalue weighted by atomic mass is 10.2. The molecular weight excluding hydrogens is 262 g/mol. The van der Waals surface area contributed by atoms with E-state index in [1.54, 1.807) is 12.4 Å². The van der Waals surface area contributed by atoms with Gasteiger partial charge in [-0.15, -0.1) is 0 Å². The predicted octanol–water partition coefficient (Wildman–Crippen LogP) is 3.51. The van der Waals surface area contributed by atoms with Crippen molar-refractivity contribution in [3.63, 3.8) is 0 Å². The van der Waals surface area contributed by atoms with Crippen LogP contribution in [0.4, 0.5) is 0 Å². The number of halogens is 1. The fourth-order valence-corrected chi connectivity index (χ4v) is 2.33. The first-order valence-electron chi connectivity index (χ1n) is 6.19. The van der Waals surface area contributed by atoms with Crippen LogP contribution in [0.3, 0.4) is 0 Å². The molecule has 0 bridgehead atoms. The fourth-order valence-electron chi connectivity index (χ4n) is 2.15. The minimum Gasteiger partial charge on any atom is -0.459 e. The molecule has 98 valence electrons. The van der Waals surface area contributed by atoms with Crippen LogP contribution in [0.2, 0.25) is 5.02 Å². The number of furan rings is 1. The van der Waals surface area contributed by atoms with Crippen LogP contribution < -0.4 is 5.32 Å². The minimum atomic E-state index is -0.0776. The number of H-pyrrole nitrogens is 1. The summed E-state index contributed by atoms with van der Waals surface area (Å²) in [7, 11) is 0. The summed E-state index contributed by atoms with van der Waals surface area (Å²) in [5, 5.41) is 5.06.